The molecule has 5 nitrogen and oxygen atoms in total. The number of ether oxygens (including phenoxy) is 1. The molecule has 138 valence electrons. The van der Waals surface area contributed by atoms with E-state index < -0.39 is 5.82 Å². The maximum Gasteiger partial charge on any atom is 0.251 e. The van der Waals surface area contributed by atoms with Crippen molar-refractivity contribution in [2.75, 3.05) is 0 Å². The van der Waals surface area contributed by atoms with Gasteiger partial charge in [0.05, 0.1) is 12.7 Å². The number of hydrogen-bond donors (Lipinski definition) is 1. The zero-order valence-electron chi connectivity index (χ0n) is 14.8. The Morgan fingerprint density at radius 1 is 1.11 bits per heavy atom. The monoisotopic (exact) mass is 366 g/mol. The third-order valence-electron chi connectivity index (χ3n) is 4.08. The molecular weight excluding hydrogens is 347 g/mol. The minimum atomic E-state index is -0.403. The lowest BCUT2D eigenvalue weighted by molar-refractivity contribution is 0.0950. The van der Waals surface area contributed by atoms with Crippen LogP contribution in [-0.4, -0.2) is 10.5 Å². The van der Waals surface area contributed by atoms with Crippen LogP contribution in [0.2, 0.25) is 0 Å². The highest BCUT2D eigenvalue weighted by atomic mass is 19.1. The number of benzene rings is 2. The topological polar surface area (TPSA) is 60.3 Å². The van der Waals surface area contributed by atoms with Crippen LogP contribution >= 0.6 is 0 Å². The summed E-state index contributed by atoms with van der Waals surface area (Å²) in [7, 11) is 1.77. The van der Waals surface area contributed by atoms with Crippen LogP contribution in [0.1, 0.15) is 21.6 Å². The summed E-state index contributed by atoms with van der Waals surface area (Å²) in [4.78, 5) is 24.4. The van der Waals surface area contributed by atoms with Crippen molar-refractivity contribution in [1.82, 2.24) is 9.88 Å². The van der Waals surface area contributed by atoms with Crippen molar-refractivity contribution in [3.63, 3.8) is 0 Å². The fourth-order valence-corrected chi connectivity index (χ4v) is 2.54. The van der Waals surface area contributed by atoms with Gasteiger partial charge in [0.1, 0.15) is 12.4 Å². The number of hydrogen-bond acceptors (Lipinski definition) is 3. The van der Waals surface area contributed by atoms with E-state index in [1.54, 1.807) is 17.8 Å². The molecule has 0 unspecified atom stereocenters. The van der Waals surface area contributed by atoms with Crippen LogP contribution in [0.15, 0.2) is 71.7 Å². The fraction of sp³-hybridized carbons (Fsp3) is 0.143. The van der Waals surface area contributed by atoms with Crippen LogP contribution < -0.4 is 15.5 Å². The van der Waals surface area contributed by atoms with Crippen molar-refractivity contribution < 1.29 is 13.9 Å². The highest BCUT2D eigenvalue weighted by Gasteiger charge is 2.09. The minimum absolute atomic E-state index is 0.168. The molecule has 0 aliphatic rings. The molecule has 3 aromatic rings. The first-order chi connectivity index (χ1) is 13.0. The average molecular weight is 366 g/mol. The first-order valence-electron chi connectivity index (χ1n) is 8.43. The largest absolute Gasteiger partial charge is 0.483 e. The molecule has 1 N–H and O–H groups in total. The van der Waals surface area contributed by atoms with Gasteiger partial charge in [0.2, 0.25) is 5.43 Å². The fourth-order valence-electron chi connectivity index (χ4n) is 2.54. The smallest absolute Gasteiger partial charge is 0.251 e. The molecule has 3 rings (SSSR count). The van der Waals surface area contributed by atoms with Gasteiger partial charge in [-0.15, -0.1) is 0 Å². The van der Waals surface area contributed by atoms with E-state index in [1.807, 2.05) is 30.3 Å². The lowest BCUT2D eigenvalue weighted by Crippen LogP contribution is -2.25. The van der Waals surface area contributed by atoms with Crippen molar-refractivity contribution in [3.05, 3.63) is 99.7 Å². The Bertz CT molecular complexity index is 983. The van der Waals surface area contributed by atoms with Gasteiger partial charge in [-0.3, -0.25) is 9.59 Å². The first-order valence-corrected chi connectivity index (χ1v) is 8.43. The summed E-state index contributed by atoms with van der Waals surface area (Å²) >= 11 is 0. The predicted molar refractivity (Wildman–Crippen MR) is 100 cm³/mol. The Labute approximate surface area is 156 Å². The number of rotatable bonds is 6. The van der Waals surface area contributed by atoms with Crippen LogP contribution in [0.4, 0.5) is 4.39 Å². The summed E-state index contributed by atoms with van der Waals surface area (Å²) in [5.74, 6) is -0.498. The predicted octanol–water partition coefficient (Wildman–Crippen LogP) is 3.03. The number of pyridine rings is 1. The van der Waals surface area contributed by atoms with Crippen molar-refractivity contribution in [3.8, 4) is 5.75 Å². The van der Waals surface area contributed by atoms with E-state index in [-0.39, 0.29) is 23.6 Å². The molecule has 6 heteroatoms. The van der Waals surface area contributed by atoms with E-state index in [1.165, 1.54) is 30.3 Å². The maximum absolute atomic E-state index is 12.9. The Balaban J connectivity index is 1.64. The van der Waals surface area contributed by atoms with Gasteiger partial charge in [-0.2, -0.15) is 0 Å². The van der Waals surface area contributed by atoms with Gasteiger partial charge in [0, 0.05) is 24.4 Å². The highest BCUT2D eigenvalue weighted by molar-refractivity contribution is 5.94. The summed E-state index contributed by atoms with van der Waals surface area (Å²) < 4.78 is 20.3. The third kappa shape index (κ3) is 4.82. The molecule has 1 aromatic heterocycles. The molecule has 0 bridgehead atoms. The number of nitrogens with zero attached hydrogens (tertiary/aromatic N) is 1. The highest BCUT2D eigenvalue weighted by Crippen LogP contribution is 2.09. The standard InChI is InChI=1S/C21H19FN2O3/c1-24-13-20(27-14-15-5-3-2-4-6-15)19(25)11-18(24)12-23-21(26)16-7-9-17(22)10-8-16/h2-11,13H,12,14H2,1H3,(H,23,26). The molecule has 1 heterocycles. The van der Waals surface area contributed by atoms with E-state index >= 15 is 0 Å². The second-order valence-corrected chi connectivity index (χ2v) is 6.07. The SMILES string of the molecule is Cn1cc(OCc2ccccc2)c(=O)cc1CNC(=O)c1ccc(F)cc1. The van der Waals surface area contributed by atoms with Gasteiger partial charge in [-0.25, -0.2) is 4.39 Å². The van der Waals surface area contributed by atoms with Crippen LogP contribution in [0, 0.1) is 5.82 Å². The molecule has 0 atom stereocenters. The van der Waals surface area contributed by atoms with E-state index in [4.69, 9.17) is 4.74 Å². The van der Waals surface area contributed by atoms with Crippen molar-refractivity contribution >= 4 is 5.91 Å². The molecule has 27 heavy (non-hydrogen) atoms. The molecule has 0 saturated heterocycles. The lowest BCUT2D eigenvalue weighted by atomic mass is 10.2. The Kier molecular flexibility index (Phi) is 5.66. The summed E-state index contributed by atoms with van der Waals surface area (Å²) in [6, 6.07) is 16.3. The van der Waals surface area contributed by atoms with Crippen molar-refractivity contribution in [2.45, 2.75) is 13.2 Å². The van der Waals surface area contributed by atoms with Gasteiger partial charge in [0.15, 0.2) is 5.75 Å². The number of carbonyl (C=O) groups is 1. The molecule has 0 spiro atoms. The quantitative estimate of drug-likeness (QED) is 0.729. The number of halogens is 1. The summed E-state index contributed by atoms with van der Waals surface area (Å²) in [6.45, 7) is 0.470. The summed E-state index contributed by atoms with van der Waals surface area (Å²) in [6.07, 6.45) is 1.60. The van der Waals surface area contributed by atoms with Crippen LogP contribution in [-0.2, 0) is 20.2 Å². The average Bonchev–Trinajstić information content (AvgIpc) is 2.68. The van der Waals surface area contributed by atoms with E-state index in [2.05, 4.69) is 5.32 Å². The number of carbonyl (C=O) groups excluding carboxylic acids is 1. The molecule has 0 saturated carbocycles. The lowest BCUT2D eigenvalue weighted by Gasteiger charge is -2.13. The normalized spacial score (nSPS) is 10.4. The van der Waals surface area contributed by atoms with Gasteiger partial charge in [0.25, 0.3) is 5.91 Å². The van der Waals surface area contributed by atoms with Crippen LogP contribution in [0.25, 0.3) is 0 Å². The molecule has 1 amide bonds. The maximum atomic E-state index is 12.9. The van der Waals surface area contributed by atoms with Gasteiger partial charge in [-0.05, 0) is 29.8 Å². The zero-order chi connectivity index (χ0) is 19.2. The number of aromatic nitrogens is 1. The van der Waals surface area contributed by atoms with Gasteiger partial charge >= 0.3 is 0 Å². The molecule has 0 aliphatic carbocycles. The molecular formula is C21H19FN2O3. The van der Waals surface area contributed by atoms with Crippen LogP contribution in [0.3, 0.4) is 0 Å². The van der Waals surface area contributed by atoms with E-state index in [9.17, 15) is 14.0 Å². The second kappa shape index (κ2) is 8.31. The molecule has 0 radical (unpaired) electrons. The zero-order valence-corrected chi connectivity index (χ0v) is 14.8. The minimum Gasteiger partial charge on any atom is -0.483 e. The van der Waals surface area contributed by atoms with E-state index in [0.717, 1.165) is 5.56 Å². The van der Waals surface area contributed by atoms with Crippen molar-refractivity contribution in [2.24, 2.45) is 7.05 Å². The van der Waals surface area contributed by atoms with Gasteiger partial charge in [-0.1, -0.05) is 30.3 Å². The molecule has 0 fully saturated rings. The Morgan fingerprint density at radius 2 is 1.81 bits per heavy atom. The third-order valence-corrected chi connectivity index (χ3v) is 4.08. The number of nitrogens with one attached hydrogen (secondary N) is 1. The summed E-state index contributed by atoms with van der Waals surface area (Å²) in [5, 5.41) is 2.72. The van der Waals surface area contributed by atoms with Crippen LogP contribution in [0.5, 0.6) is 5.75 Å². The van der Waals surface area contributed by atoms with E-state index in [0.29, 0.717) is 17.9 Å². The second-order valence-electron chi connectivity index (χ2n) is 6.07. The first kappa shape index (κ1) is 18.4. The number of amides is 1. The molecule has 2 aromatic carbocycles. The Morgan fingerprint density at radius 3 is 2.52 bits per heavy atom. The molecule has 0 aliphatic heterocycles. The van der Waals surface area contributed by atoms with Gasteiger partial charge < -0.3 is 14.6 Å². The summed E-state index contributed by atoms with van der Waals surface area (Å²) in [5.41, 5.74) is 1.69. The Hall–Kier alpha value is -3.41. The number of aryl methyl sites for hydroxylation is 1. The van der Waals surface area contributed by atoms with Crippen molar-refractivity contribution in [1.29, 1.82) is 0 Å².